The van der Waals surface area contributed by atoms with Gasteiger partial charge in [0, 0.05) is 6.20 Å². The van der Waals surface area contributed by atoms with Crippen molar-refractivity contribution in [2.24, 2.45) is 22.4 Å². The first-order chi connectivity index (χ1) is 9.26. The Bertz CT molecular complexity index is 443. The average molecular weight is 287 g/mol. The predicted octanol–water partition coefficient (Wildman–Crippen LogP) is 3.42. The molecule has 0 saturated heterocycles. The monoisotopic (exact) mass is 287 g/mol. The molecule has 0 aromatic rings. The molecular weight excluding hydrogens is 267 g/mol. The largest absolute Gasteiger partial charge is 0.435 e. The zero-order valence-electron chi connectivity index (χ0n) is 11.6. The van der Waals surface area contributed by atoms with Crippen molar-refractivity contribution in [3.63, 3.8) is 0 Å². The smallest absolute Gasteiger partial charge is 0.403 e. The van der Waals surface area contributed by atoms with Gasteiger partial charge in [0.05, 0.1) is 11.4 Å². The maximum Gasteiger partial charge on any atom is 0.435 e. The molecule has 3 nitrogen and oxygen atoms in total. The highest BCUT2D eigenvalue weighted by Gasteiger charge is 2.37. The summed E-state index contributed by atoms with van der Waals surface area (Å²) in [4.78, 5) is 3.47. The molecule has 0 aliphatic heterocycles. The minimum Gasteiger partial charge on any atom is -0.403 e. The van der Waals surface area contributed by atoms with Crippen molar-refractivity contribution in [2.45, 2.75) is 26.4 Å². The predicted molar refractivity (Wildman–Crippen MR) is 76.8 cm³/mol. The van der Waals surface area contributed by atoms with E-state index in [9.17, 15) is 13.2 Å². The molecule has 0 radical (unpaired) electrons. The molecule has 0 aliphatic carbocycles. The standard InChI is InChI=1S/C14H20F3N3/c1-4-10(3)7-6-8-11(5-2)20-13(12(19)9-18)14(15,16)17/h5-10H,2,4,18-19H2,1,3H3/b7-6-,11-8+,12-9+,20-13+. The number of nitrogens with zero attached hydrogens (tertiary/aromatic N) is 1. The summed E-state index contributed by atoms with van der Waals surface area (Å²) in [6, 6.07) is 0. The van der Waals surface area contributed by atoms with Crippen molar-refractivity contribution in [2.75, 3.05) is 0 Å². The van der Waals surface area contributed by atoms with Gasteiger partial charge in [0.2, 0.25) is 0 Å². The molecule has 0 bridgehead atoms. The lowest BCUT2D eigenvalue weighted by atomic mass is 10.1. The summed E-state index contributed by atoms with van der Waals surface area (Å²) in [5.41, 5.74) is 8.42. The Hall–Kier alpha value is -1.98. The fourth-order valence-corrected chi connectivity index (χ4v) is 1.13. The Morgan fingerprint density at radius 1 is 1.40 bits per heavy atom. The van der Waals surface area contributed by atoms with Crippen molar-refractivity contribution in [3.8, 4) is 0 Å². The van der Waals surface area contributed by atoms with Crippen LogP contribution < -0.4 is 11.5 Å². The number of rotatable bonds is 6. The van der Waals surface area contributed by atoms with Crippen LogP contribution in [-0.4, -0.2) is 11.9 Å². The van der Waals surface area contributed by atoms with E-state index in [0.717, 1.165) is 6.42 Å². The maximum atomic E-state index is 12.8. The molecule has 20 heavy (non-hydrogen) atoms. The highest BCUT2D eigenvalue weighted by molar-refractivity contribution is 6.04. The van der Waals surface area contributed by atoms with Crippen LogP contribution in [0.4, 0.5) is 13.2 Å². The SMILES string of the molecule is C=CC(=C\C=C/C(C)CC)/N=C(\C(N)=C/N)C(F)(F)F. The van der Waals surface area contributed by atoms with E-state index in [0.29, 0.717) is 12.1 Å². The molecule has 0 aromatic heterocycles. The lowest BCUT2D eigenvalue weighted by molar-refractivity contribution is -0.0583. The number of hydrogen-bond acceptors (Lipinski definition) is 3. The van der Waals surface area contributed by atoms with Gasteiger partial charge in [-0.05, 0) is 18.1 Å². The van der Waals surface area contributed by atoms with E-state index in [-0.39, 0.29) is 5.70 Å². The van der Waals surface area contributed by atoms with E-state index in [1.165, 1.54) is 12.2 Å². The van der Waals surface area contributed by atoms with Gasteiger partial charge >= 0.3 is 6.18 Å². The first-order valence-electron chi connectivity index (χ1n) is 6.10. The molecule has 0 heterocycles. The lowest BCUT2D eigenvalue weighted by Gasteiger charge is -2.10. The second-order valence-electron chi connectivity index (χ2n) is 4.15. The summed E-state index contributed by atoms with van der Waals surface area (Å²) in [6.45, 7) is 7.44. The van der Waals surface area contributed by atoms with E-state index in [2.05, 4.69) is 11.6 Å². The van der Waals surface area contributed by atoms with Gasteiger partial charge in [0.15, 0.2) is 5.71 Å². The van der Waals surface area contributed by atoms with Crippen LogP contribution in [0.25, 0.3) is 0 Å². The number of nitrogens with two attached hydrogens (primary N) is 2. The second-order valence-corrected chi connectivity index (χ2v) is 4.15. The first-order valence-corrected chi connectivity index (χ1v) is 6.10. The lowest BCUT2D eigenvalue weighted by Crippen LogP contribution is -2.29. The second kappa shape index (κ2) is 8.24. The Kier molecular flexibility index (Phi) is 7.43. The molecular formula is C14H20F3N3. The first kappa shape index (κ1) is 18.0. The average Bonchev–Trinajstić information content (AvgIpc) is 2.39. The van der Waals surface area contributed by atoms with E-state index in [4.69, 9.17) is 11.5 Å². The number of hydrogen-bond donors (Lipinski definition) is 2. The van der Waals surface area contributed by atoms with Gasteiger partial charge < -0.3 is 11.5 Å². The van der Waals surface area contributed by atoms with Crippen LogP contribution in [0.2, 0.25) is 0 Å². The van der Waals surface area contributed by atoms with Crippen molar-refractivity contribution < 1.29 is 13.2 Å². The molecule has 0 spiro atoms. The number of aliphatic imine (C=N–C) groups is 1. The highest BCUT2D eigenvalue weighted by Crippen LogP contribution is 2.22. The summed E-state index contributed by atoms with van der Waals surface area (Å²) >= 11 is 0. The Balaban J connectivity index is 5.42. The molecule has 0 aromatic carbocycles. The van der Waals surface area contributed by atoms with E-state index < -0.39 is 17.6 Å². The van der Waals surface area contributed by atoms with Gasteiger partial charge in [-0.15, -0.1) is 0 Å². The minimum absolute atomic E-state index is 0.0571. The molecule has 0 aliphatic rings. The van der Waals surface area contributed by atoms with E-state index in [1.54, 1.807) is 6.08 Å². The van der Waals surface area contributed by atoms with Crippen molar-refractivity contribution in [3.05, 3.63) is 48.5 Å². The van der Waals surface area contributed by atoms with Gasteiger partial charge in [-0.1, -0.05) is 39.0 Å². The molecule has 1 unspecified atom stereocenters. The highest BCUT2D eigenvalue weighted by atomic mass is 19.4. The zero-order valence-corrected chi connectivity index (χ0v) is 11.6. The molecule has 0 amide bonds. The maximum absolute atomic E-state index is 12.8. The Morgan fingerprint density at radius 2 is 2.00 bits per heavy atom. The van der Waals surface area contributed by atoms with E-state index >= 15 is 0 Å². The third-order valence-electron chi connectivity index (χ3n) is 2.52. The van der Waals surface area contributed by atoms with Crippen LogP contribution in [-0.2, 0) is 0 Å². The fourth-order valence-electron chi connectivity index (χ4n) is 1.13. The normalized spacial score (nSPS) is 16.6. The summed E-state index contributed by atoms with van der Waals surface area (Å²) < 4.78 is 38.3. The van der Waals surface area contributed by atoms with Crippen molar-refractivity contribution >= 4 is 5.71 Å². The van der Waals surface area contributed by atoms with Gasteiger partial charge in [0.25, 0.3) is 0 Å². The van der Waals surface area contributed by atoms with Gasteiger partial charge in [0.1, 0.15) is 0 Å². The molecule has 0 fully saturated rings. The number of halogens is 3. The molecule has 1 atom stereocenters. The van der Waals surface area contributed by atoms with Crippen LogP contribution in [0.15, 0.2) is 53.5 Å². The van der Waals surface area contributed by atoms with Gasteiger partial charge in [-0.3, -0.25) is 0 Å². The third kappa shape index (κ3) is 6.26. The quantitative estimate of drug-likeness (QED) is 0.580. The topological polar surface area (TPSA) is 64.4 Å². The van der Waals surface area contributed by atoms with Crippen LogP contribution >= 0.6 is 0 Å². The summed E-state index contributed by atoms with van der Waals surface area (Å²) in [5, 5.41) is 0. The van der Waals surface area contributed by atoms with Crippen molar-refractivity contribution in [1.29, 1.82) is 0 Å². The number of allylic oxidation sites excluding steroid dienone is 5. The molecule has 0 saturated carbocycles. The van der Waals surface area contributed by atoms with Gasteiger partial charge in [-0.25, -0.2) is 4.99 Å². The molecule has 0 rings (SSSR count). The number of alkyl halides is 3. The Morgan fingerprint density at radius 3 is 2.40 bits per heavy atom. The van der Waals surface area contributed by atoms with Crippen molar-refractivity contribution in [1.82, 2.24) is 0 Å². The third-order valence-corrected chi connectivity index (χ3v) is 2.52. The van der Waals surface area contributed by atoms with Gasteiger partial charge in [-0.2, -0.15) is 13.2 Å². The summed E-state index contributed by atoms with van der Waals surface area (Å²) in [7, 11) is 0. The summed E-state index contributed by atoms with van der Waals surface area (Å²) in [6.07, 6.45) is 3.10. The van der Waals surface area contributed by atoms with Crippen LogP contribution in [0, 0.1) is 5.92 Å². The molecule has 112 valence electrons. The molecule has 6 heteroatoms. The Labute approximate surface area is 117 Å². The van der Waals surface area contributed by atoms with Crippen LogP contribution in [0.3, 0.4) is 0 Å². The fraction of sp³-hybridized carbons (Fsp3) is 0.357. The van der Waals surface area contributed by atoms with Crippen LogP contribution in [0.1, 0.15) is 20.3 Å². The van der Waals surface area contributed by atoms with Crippen LogP contribution in [0.5, 0.6) is 0 Å². The van der Waals surface area contributed by atoms with E-state index in [1.807, 2.05) is 19.9 Å². The molecule has 4 N–H and O–H groups in total. The summed E-state index contributed by atoms with van der Waals surface area (Å²) in [5.74, 6) is 0.331. The zero-order chi connectivity index (χ0) is 15.8. The minimum atomic E-state index is -4.68.